The molecule has 4 rings (SSSR count). The number of fused-ring (bicyclic) bond motifs is 1. The van der Waals surface area contributed by atoms with Gasteiger partial charge in [-0.3, -0.25) is 4.90 Å². The number of aromatic nitrogens is 2. The average molecular weight is 418 g/mol. The van der Waals surface area contributed by atoms with Crippen LogP contribution in [0, 0.1) is 0 Å². The van der Waals surface area contributed by atoms with Gasteiger partial charge in [0.1, 0.15) is 5.75 Å². The van der Waals surface area contributed by atoms with Crippen molar-refractivity contribution in [2.24, 2.45) is 0 Å². The summed E-state index contributed by atoms with van der Waals surface area (Å²) in [6.45, 7) is 0.855. The van der Waals surface area contributed by atoms with Gasteiger partial charge in [0.25, 0.3) is 0 Å². The molecule has 1 aliphatic carbocycles. The van der Waals surface area contributed by atoms with E-state index in [1.165, 1.54) is 4.90 Å². The molecule has 1 fully saturated rings. The minimum atomic E-state index is -4.58. The van der Waals surface area contributed by atoms with Crippen molar-refractivity contribution in [2.45, 2.75) is 18.3 Å². The molecule has 0 radical (unpaired) electrons. The van der Waals surface area contributed by atoms with E-state index in [-0.39, 0.29) is 17.8 Å². The number of halogens is 3. The van der Waals surface area contributed by atoms with Crippen LogP contribution in [0.25, 0.3) is 0 Å². The number of hydrogen-bond donors (Lipinski definition) is 1. The van der Waals surface area contributed by atoms with Gasteiger partial charge in [-0.05, 0) is 30.3 Å². The first-order valence-corrected chi connectivity index (χ1v) is 9.12. The number of alkyl halides is 3. The first kappa shape index (κ1) is 19.7. The van der Waals surface area contributed by atoms with Gasteiger partial charge in [-0.2, -0.15) is 18.2 Å². The third-order valence-corrected chi connectivity index (χ3v) is 4.93. The Morgan fingerprint density at radius 2 is 1.77 bits per heavy atom. The van der Waals surface area contributed by atoms with E-state index < -0.39 is 24.0 Å². The molecule has 2 atom stereocenters. The van der Waals surface area contributed by atoms with Gasteiger partial charge in [-0.1, -0.05) is 24.3 Å². The largest absolute Gasteiger partial charge is 0.465 e. The Kier molecular flexibility index (Phi) is 5.06. The van der Waals surface area contributed by atoms with E-state index in [0.717, 1.165) is 18.0 Å². The third kappa shape index (κ3) is 3.93. The Morgan fingerprint density at radius 1 is 1.07 bits per heavy atom. The second-order valence-corrected chi connectivity index (χ2v) is 6.74. The van der Waals surface area contributed by atoms with Crippen molar-refractivity contribution >= 4 is 11.8 Å². The van der Waals surface area contributed by atoms with Gasteiger partial charge in [0, 0.05) is 25.0 Å². The number of allylic oxidation sites excluding steroid dienone is 2. The zero-order valence-electron chi connectivity index (χ0n) is 15.5. The van der Waals surface area contributed by atoms with Gasteiger partial charge in [-0.15, -0.1) is 0 Å². The molecule has 156 valence electrons. The highest BCUT2D eigenvalue weighted by Crippen LogP contribution is 2.31. The molecule has 1 aromatic carbocycles. The molecule has 2 aliphatic rings. The minimum absolute atomic E-state index is 0.154. The number of rotatable bonds is 3. The van der Waals surface area contributed by atoms with Gasteiger partial charge < -0.3 is 14.7 Å². The quantitative estimate of drug-likeness (QED) is 0.813. The summed E-state index contributed by atoms with van der Waals surface area (Å²) in [7, 11) is 0. The second-order valence-electron chi connectivity index (χ2n) is 6.74. The summed E-state index contributed by atoms with van der Waals surface area (Å²) in [6, 6.07) is 6.68. The van der Waals surface area contributed by atoms with Crippen molar-refractivity contribution in [3.63, 3.8) is 0 Å². The van der Waals surface area contributed by atoms with Crippen LogP contribution >= 0.6 is 0 Å². The SMILES string of the molecule is O=C(O)N1CCN(c2ccc(Oc3nccc(C(F)(F)F)n3)cc2)[C@H]2C=CC=C[C@@H]21. The Labute approximate surface area is 169 Å². The molecular formula is C20H17F3N4O3. The van der Waals surface area contributed by atoms with E-state index in [1.54, 1.807) is 24.3 Å². The number of nitrogens with zero attached hydrogens (tertiary/aromatic N) is 4. The van der Waals surface area contributed by atoms with Crippen LogP contribution in [0.5, 0.6) is 11.8 Å². The van der Waals surface area contributed by atoms with E-state index >= 15 is 0 Å². The molecule has 2 heterocycles. The fourth-order valence-electron chi connectivity index (χ4n) is 3.56. The van der Waals surface area contributed by atoms with Crippen molar-refractivity contribution in [1.29, 1.82) is 0 Å². The van der Waals surface area contributed by atoms with Crippen molar-refractivity contribution in [3.8, 4) is 11.8 Å². The summed E-state index contributed by atoms with van der Waals surface area (Å²) >= 11 is 0. The zero-order valence-corrected chi connectivity index (χ0v) is 15.5. The van der Waals surface area contributed by atoms with Crippen LogP contribution in [-0.2, 0) is 6.18 Å². The Balaban J connectivity index is 1.51. The molecule has 0 unspecified atom stereocenters. The second kappa shape index (κ2) is 7.69. The summed E-state index contributed by atoms with van der Waals surface area (Å²) in [6.07, 6.45) is 2.95. The Morgan fingerprint density at radius 3 is 2.43 bits per heavy atom. The lowest BCUT2D eigenvalue weighted by atomic mass is 9.96. The highest BCUT2D eigenvalue weighted by molar-refractivity contribution is 5.67. The summed E-state index contributed by atoms with van der Waals surface area (Å²) in [4.78, 5) is 22.1. The molecule has 1 N–H and O–H groups in total. The van der Waals surface area contributed by atoms with Crippen LogP contribution in [0.2, 0.25) is 0 Å². The summed E-state index contributed by atoms with van der Waals surface area (Å²) in [5, 5.41) is 9.43. The molecule has 0 spiro atoms. The predicted molar refractivity (Wildman–Crippen MR) is 101 cm³/mol. The first-order chi connectivity index (χ1) is 14.3. The highest BCUT2D eigenvalue weighted by atomic mass is 19.4. The van der Waals surface area contributed by atoms with Crippen LogP contribution in [0.15, 0.2) is 60.8 Å². The number of ether oxygens (including phenoxy) is 1. The summed E-state index contributed by atoms with van der Waals surface area (Å²) < 4.78 is 43.7. The van der Waals surface area contributed by atoms with E-state index in [9.17, 15) is 23.1 Å². The van der Waals surface area contributed by atoms with Crippen LogP contribution in [0.1, 0.15) is 5.69 Å². The molecule has 30 heavy (non-hydrogen) atoms. The maximum Gasteiger partial charge on any atom is 0.433 e. The summed E-state index contributed by atoms with van der Waals surface area (Å²) in [5.74, 6) is 0.290. The van der Waals surface area contributed by atoms with Crippen LogP contribution in [0.4, 0.5) is 23.7 Å². The fourth-order valence-corrected chi connectivity index (χ4v) is 3.56. The molecule has 2 aromatic rings. The standard InChI is InChI=1S/C20H17F3N4O3/c21-20(22,23)17-9-10-24-18(25-17)30-14-7-5-13(6-8-14)26-11-12-27(19(28)29)16-4-2-1-3-15(16)26/h1-10,15-16H,11-12H2,(H,28,29)/t15-,16-/m0/s1. The zero-order chi connectivity index (χ0) is 21.3. The maximum atomic E-state index is 12.8. The van der Waals surface area contributed by atoms with Crippen molar-refractivity contribution in [1.82, 2.24) is 14.9 Å². The topological polar surface area (TPSA) is 78.8 Å². The van der Waals surface area contributed by atoms with Gasteiger partial charge >= 0.3 is 18.3 Å². The number of carboxylic acid groups (broad SMARTS) is 1. The number of piperazine rings is 1. The highest BCUT2D eigenvalue weighted by Gasteiger charge is 2.37. The normalized spacial score (nSPS) is 20.8. The number of amides is 1. The Hall–Kier alpha value is -3.56. The van der Waals surface area contributed by atoms with E-state index in [1.807, 2.05) is 24.3 Å². The van der Waals surface area contributed by atoms with Crippen molar-refractivity contribution < 1.29 is 27.8 Å². The van der Waals surface area contributed by atoms with Crippen molar-refractivity contribution in [2.75, 3.05) is 18.0 Å². The molecule has 7 nitrogen and oxygen atoms in total. The van der Waals surface area contributed by atoms with E-state index in [4.69, 9.17) is 4.74 Å². The molecule has 0 saturated carbocycles. The molecule has 10 heteroatoms. The van der Waals surface area contributed by atoms with Gasteiger partial charge in [0.15, 0.2) is 5.69 Å². The molecular weight excluding hydrogens is 401 g/mol. The summed E-state index contributed by atoms with van der Waals surface area (Å²) in [5.41, 5.74) is -0.240. The molecule has 1 aromatic heterocycles. The first-order valence-electron chi connectivity index (χ1n) is 9.12. The Bertz CT molecular complexity index is 992. The van der Waals surface area contributed by atoms with Crippen LogP contribution < -0.4 is 9.64 Å². The molecule has 1 aliphatic heterocycles. The molecule has 1 saturated heterocycles. The van der Waals surface area contributed by atoms with Gasteiger partial charge in [-0.25, -0.2) is 9.78 Å². The number of carbonyl (C=O) groups is 1. The minimum Gasteiger partial charge on any atom is -0.465 e. The number of anilines is 1. The predicted octanol–water partition coefficient (Wildman–Crippen LogP) is 3.95. The average Bonchev–Trinajstić information content (AvgIpc) is 2.73. The lowest BCUT2D eigenvalue weighted by molar-refractivity contribution is -0.141. The van der Waals surface area contributed by atoms with E-state index in [2.05, 4.69) is 14.9 Å². The van der Waals surface area contributed by atoms with Gasteiger partial charge in [0.05, 0.1) is 12.1 Å². The molecule has 0 bridgehead atoms. The smallest absolute Gasteiger partial charge is 0.433 e. The monoisotopic (exact) mass is 418 g/mol. The van der Waals surface area contributed by atoms with Crippen LogP contribution in [-0.4, -0.2) is 51.2 Å². The lowest BCUT2D eigenvalue weighted by Crippen LogP contribution is -2.60. The molecule has 1 amide bonds. The van der Waals surface area contributed by atoms with Crippen molar-refractivity contribution in [3.05, 3.63) is 66.5 Å². The van der Waals surface area contributed by atoms with E-state index in [0.29, 0.717) is 13.1 Å². The number of benzene rings is 1. The maximum absolute atomic E-state index is 12.8. The third-order valence-electron chi connectivity index (χ3n) is 4.93. The lowest BCUT2D eigenvalue weighted by Gasteiger charge is -2.46. The van der Waals surface area contributed by atoms with Crippen LogP contribution in [0.3, 0.4) is 0 Å². The van der Waals surface area contributed by atoms with Gasteiger partial charge in [0.2, 0.25) is 0 Å². The number of hydrogen-bond acceptors (Lipinski definition) is 5. The fraction of sp³-hybridized carbons (Fsp3) is 0.250.